The molecule has 0 fully saturated rings. The molecule has 0 unspecified atom stereocenters. The van der Waals surface area contributed by atoms with Gasteiger partial charge in [-0.3, -0.25) is 9.59 Å². The van der Waals surface area contributed by atoms with E-state index < -0.39 is 23.8 Å². The van der Waals surface area contributed by atoms with Crippen LogP contribution in [0.2, 0.25) is 0 Å². The van der Waals surface area contributed by atoms with Gasteiger partial charge >= 0.3 is 11.9 Å². The van der Waals surface area contributed by atoms with Crippen molar-refractivity contribution in [3.63, 3.8) is 0 Å². The van der Waals surface area contributed by atoms with Gasteiger partial charge in [0.15, 0.2) is 0 Å². The Morgan fingerprint density at radius 3 is 2.23 bits per heavy atom. The summed E-state index contributed by atoms with van der Waals surface area (Å²) in [4.78, 5) is 23.4. The van der Waals surface area contributed by atoms with E-state index in [0.717, 1.165) is 22.3 Å². The van der Waals surface area contributed by atoms with Crippen molar-refractivity contribution >= 4 is 22.7 Å². The van der Waals surface area contributed by atoms with Crippen molar-refractivity contribution < 1.29 is 28.5 Å². The van der Waals surface area contributed by atoms with Gasteiger partial charge in [-0.1, -0.05) is 36.4 Å². The number of carbonyl (C=O) groups is 2. The fourth-order valence-corrected chi connectivity index (χ4v) is 4.40. The third kappa shape index (κ3) is 2.87. The van der Waals surface area contributed by atoms with Gasteiger partial charge in [-0.25, -0.2) is 0 Å². The number of hydrogen-bond donors (Lipinski definition) is 0. The van der Waals surface area contributed by atoms with Crippen LogP contribution in [0.15, 0.2) is 54.6 Å². The normalized spacial score (nSPS) is 18.1. The molecule has 30 heavy (non-hydrogen) atoms. The largest absolute Gasteiger partial charge is 0.458 e. The lowest BCUT2D eigenvalue weighted by molar-refractivity contribution is -0.163. The van der Waals surface area contributed by atoms with Gasteiger partial charge in [0.1, 0.15) is 23.4 Å². The summed E-state index contributed by atoms with van der Waals surface area (Å²) in [5, 5.41) is 1.95. The zero-order chi connectivity index (χ0) is 20.9. The highest BCUT2D eigenvalue weighted by atomic mass is 16.7. The van der Waals surface area contributed by atoms with Crippen LogP contribution >= 0.6 is 0 Å². The lowest BCUT2D eigenvalue weighted by Crippen LogP contribution is -2.45. The molecule has 1 aliphatic heterocycles. The number of ether oxygens (including phenoxy) is 4. The van der Waals surface area contributed by atoms with Crippen LogP contribution in [0.1, 0.15) is 43.9 Å². The monoisotopic (exact) mass is 404 g/mol. The minimum Gasteiger partial charge on any atom is -0.458 e. The zero-order valence-electron chi connectivity index (χ0n) is 16.6. The highest BCUT2D eigenvalue weighted by Gasteiger charge is 2.49. The van der Waals surface area contributed by atoms with Crippen LogP contribution in [0.5, 0.6) is 17.2 Å². The second kappa shape index (κ2) is 6.76. The maximum atomic E-state index is 11.7. The van der Waals surface area contributed by atoms with E-state index >= 15 is 0 Å². The van der Waals surface area contributed by atoms with Crippen molar-refractivity contribution in [1.82, 2.24) is 0 Å². The molecule has 0 aromatic heterocycles. The molecule has 6 nitrogen and oxygen atoms in total. The first kappa shape index (κ1) is 18.5. The minimum absolute atomic E-state index is 0.342. The molecule has 2 aliphatic rings. The molecule has 0 bridgehead atoms. The summed E-state index contributed by atoms with van der Waals surface area (Å²) in [5.74, 6) is -0.168. The van der Waals surface area contributed by atoms with Gasteiger partial charge in [-0.05, 0) is 30.0 Å². The Kier molecular flexibility index (Phi) is 4.17. The average molecular weight is 404 g/mol. The van der Waals surface area contributed by atoms with Gasteiger partial charge in [0.05, 0.1) is 5.39 Å². The van der Waals surface area contributed by atoms with Crippen molar-refractivity contribution in [2.24, 2.45) is 0 Å². The third-order valence-electron chi connectivity index (χ3n) is 5.47. The Hall–Kier alpha value is -3.54. The van der Waals surface area contributed by atoms with E-state index in [0.29, 0.717) is 29.7 Å². The van der Waals surface area contributed by atoms with Crippen LogP contribution in [-0.4, -0.2) is 11.9 Å². The molecule has 1 aliphatic carbocycles. The molecule has 0 amide bonds. The summed E-state index contributed by atoms with van der Waals surface area (Å²) in [5.41, 5.74) is 1.28. The van der Waals surface area contributed by atoms with Crippen LogP contribution in [-0.2, 0) is 20.1 Å². The molecule has 3 aromatic carbocycles. The van der Waals surface area contributed by atoms with Crippen LogP contribution in [0.25, 0.3) is 10.8 Å². The van der Waals surface area contributed by atoms with Crippen LogP contribution in [0.3, 0.4) is 0 Å². The second-order valence-electron chi connectivity index (χ2n) is 7.52. The molecule has 1 spiro atoms. The highest BCUT2D eigenvalue weighted by molar-refractivity contribution is 5.94. The predicted octanol–water partition coefficient (Wildman–Crippen LogP) is 4.79. The second-order valence-corrected chi connectivity index (χ2v) is 7.52. The number of benzene rings is 3. The molecule has 1 atom stereocenters. The molecule has 5 rings (SSSR count). The Morgan fingerprint density at radius 1 is 0.933 bits per heavy atom. The Balaban J connectivity index is 1.68. The first-order chi connectivity index (χ1) is 14.5. The Labute approximate surface area is 173 Å². The number of fused-ring (bicyclic) bond motifs is 2. The predicted molar refractivity (Wildman–Crippen MR) is 108 cm³/mol. The molecular weight excluding hydrogens is 384 g/mol. The minimum atomic E-state index is -1.11. The lowest BCUT2D eigenvalue weighted by Gasteiger charge is -2.44. The van der Waals surface area contributed by atoms with E-state index in [-0.39, 0.29) is 0 Å². The van der Waals surface area contributed by atoms with Crippen LogP contribution < -0.4 is 14.2 Å². The summed E-state index contributed by atoms with van der Waals surface area (Å²) >= 11 is 0. The number of hydrogen-bond acceptors (Lipinski definition) is 6. The number of carbonyl (C=O) groups excluding carboxylic acids is 2. The first-order valence-corrected chi connectivity index (χ1v) is 9.86. The molecule has 3 aromatic rings. The van der Waals surface area contributed by atoms with Crippen molar-refractivity contribution in [2.75, 3.05) is 0 Å². The van der Waals surface area contributed by atoms with Gasteiger partial charge in [0.25, 0.3) is 5.79 Å². The average Bonchev–Trinajstić information content (AvgIpc) is 2.70. The van der Waals surface area contributed by atoms with Crippen molar-refractivity contribution in [2.45, 2.75) is 38.6 Å². The lowest BCUT2D eigenvalue weighted by atomic mass is 9.83. The van der Waals surface area contributed by atoms with E-state index in [1.54, 1.807) is 12.1 Å². The summed E-state index contributed by atoms with van der Waals surface area (Å²) in [6, 6.07) is 17.1. The van der Waals surface area contributed by atoms with E-state index in [9.17, 15) is 9.59 Å². The molecule has 0 saturated heterocycles. The topological polar surface area (TPSA) is 71.1 Å². The molecule has 6 heteroatoms. The quantitative estimate of drug-likeness (QED) is 0.452. The summed E-state index contributed by atoms with van der Waals surface area (Å²) < 4.78 is 23.9. The van der Waals surface area contributed by atoms with Crippen molar-refractivity contribution in [3.8, 4) is 17.2 Å². The molecular formula is C24H20O6. The van der Waals surface area contributed by atoms with Crippen LogP contribution in [0, 0.1) is 0 Å². The van der Waals surface area contributed by atoms with Gasteiger partial charge in [-0.15, -0.1) is 0 Å². The smallest absolute Gasteiger partial charge is 0.308 e. The van der Waals surface area contributed by atoms with Gasteiger partial charge in [0.2, 0.25) is 0 Å². The zero-order valence-corrected chi connectivity index (χ0v) is 16.6. The maximum absolute atomic E-state index is 11.7. The molecule has 0 saturated carbocycles. The van der Waals surface area contributed by atoms with Gasteiger partial charge in [-0.2, -0.15) is 0 Å². The number of esters is 2. The molecule has 152 valence electrons. The first-order valence-electron chi connectivity index (χ1n) is 9.86. The standard InChI is InChI=1S/C24H20O6/c1-14(25)27-18-9-5-8-17-23(18)19(28-15(2)26)12-13-24(17)29-20-10-3-6-16-7-4-11-21(30-24)22(16)20/h3-11,19H,12-13H2,1-2H3/t19-/m0/s1. The highest BCUT2D eigenvalue weighted by Crippen LogP contribution is 2.53. The van der Waals surface area contributed by atoms with E-state index in [2.05, 4.69) is 0 Å². The fraction of sp³-hybridized carbons (Fsp3) is 0.250. The third-order valence-corrected chi connectivity index (χ3v) is 5.47. The maximum Gasteiger partial charge on any atom is 0.308 e. The van der Waals surface area contributed by atoms with Crippen LogP contribution in [0.4, 0.5) is 0 Å². The van der Waals surface area contributed by atoms with Gasteiger partial charge in [0, 0.05) is 31.4 Å². The molecule has 0 radical (unpaired) electrons. The summed E-state index contributed by atoms with van der Waals surface area (Å²) in [7, 11) is 0. The van der Waals surface area contributed by atoms with Crippen molar-refractivity contribution in [3.05, 3.63) is 65.7 Å². The van der Waals surface area contributed by atoms with E-state index in [1.807, 2.05) is 42.5 Å². The van der Waals surface area contributed by atoms with E-state index in [1.165, 1.54) is 13.8 Å². The Morgan fingerprint density at radius 2 is 1.60 bits per heavy atom. The van der Waals surface area contributed by atoms with Gasteiger partial charge < -0.3 is 18.9 Å². The molecule has 0 N–H and O–H groups in total. The van der Waals surface area contributed by atoms with E-state index in [4.69, 9.17) is 18.9 Å². The number of rotatable bonds is 2. The van der Waals surface area contributed by atoms with Crippen molar-refractivity contribution in [1.29, 1.82) is 0 Å². The summed E-state index contributed by atoms with van der Waals surface area (Å²) in [6.45, 7) is 2.70. The molecule has 1 heterocycles. The Bertz CT molecular complexity index is 1140. The summed E-state index contributed by atoms with van der Waals surface area (Å²) in [6.07, 6.45) is 0.369. The SMILES string of the molecule is CC(=O)Oc1cccc2c1[C@@H](OC(C)=O)CCC21Oc2cccc3cccc(c23)O1. The fourth-order valence-electron chi connectivity index (χ4n) is 4.40.